The Kier molecular flexibility index (Phi) is 9.30. The lowest BCUT2D eigenvalue weighted by atomic mass is 10.6. The average molecular weight is 366 g/mol. The van der Waals surface area contributed by atoms with E-state index >= 15 is 0 Å². The van der Waals surface area contributed by atoms with E-state index in [4.69, 9.17) is 13.3 Å². The molecule has 1 unspecified atom stereocenters. The Morgan fingerprint density at radius 1 is 0.818 bits per heavy atom. The van der Waals surface area contributed by atoms with Gasteiger partial charge in [0.05, 0.1) is 6.23 Å². The van der Waals surface area contributed by atoms with Crippen LogP contribution in [0, 0.1) is 0 Å². The molecule has 0 aliphatic rings. The number of hydrogen-bond donors (Lipinski definition) is 0. The molecule has 0 aliphatic heterocycles. The van der Waals surface area contributed by atoms with Gasteiger partial charge in [0.2, 0.25) is 0 Å². The van der Waals surface area contributed by atoms with Crippen LogP contribution >= 0.6 is 0 Å². The molecule has 0 rings (SSSR count). The second-order valence-corrected chi connectivity index (χ2v) is 20.5. The molecule has 0 heterocycles. The Balaban J connectivity index is 5.39. The number of nitrogens with zero attached hydrogens (tertiary/aromatic N) is 1. The topological polar surface area (TPSA) is 30.9 Å². The zero-order chi connectivity index (χ0) is 17.6. The predicted molar refractivity (Wildman–Crippen MR) is 103 cm³/mol. The SMILES string of the molecule is CCC[Si](OCC)(OCC)OC(C)N([Si](C)(C)C)[Si](C)(C)C. The van der Waals surface area contributed by atoms with Gasteiger partial charge in [-0.3, -0.25) is 0 Å². The Morgan fingerprint density at radius 2 is 1.23 bits per heavy atom. The van der Waals surface area contributed by atoms with E-state index in [9.17, 15) is 0 Å². The smallest absolute Gasteiger partial charge is 0.374 e. The van der Waals surface area contributed by atoms with Crippen LogP contribution in [-0.4, -0.2) is 48.9 Å². The van der Waals surface area contributed by atoms with Gasteiger partial charge in [0.15, 0.2) is 0 Å². The molecule has 7 heteroatoms. The standard InChI is InChI=1S/C15H39NO3Si3/c1-11-14-22(17-12-2,18-13-3)19-15(4)16(20(5,6)7)21(8,9)10/h15H,11-14H2,1-10H3. The minimum Gasteiger partial charge on any atom is -0.374 e. The fourth-order valence-electron chi connectivity index (χ4n) is 3.47. The molecule has 0 fully saturated rings. The van der Waals surface area contributed by atoms with Crippen LogP contribution in [0.4, 0.5) is 0 Å². The van der Waals surface area contributed by atoms with E-state index in [1.807, 2.05) is 13.8 Å². The summed E-state index contributed by atoms with van der Waals surface area (Å²) >= 11 is 0. The first kappa shape index (κ1) is 22.5. The van der Waals surface area contributed by atoms with Gasteiger partial charge in [-0.1, -0.05) is 52.6 Å². The van der Waals surface area contributed by atoms with Crippen LogP contribution < -0.4 is 0 Å². The molecular weight excluding hydrogens is 326 g/mol. The summed E-state index contributed by atoms with van der Waals surface area (Å²) in [6.07, 6.45) is 1.09. The molecule has 0 saturated heterocycles. The van der Waals surface area contributed by atoms with Gasteiger partial charge in [-0.05, 0) is 20.8 Å². The van der Waals surface area contributed by atoms with Crippen LogP contribution in [0.1, 0.15) is 34.1 Å². The minimum atomic E-state index is -2.58. The first-order valence-electron chi connectivity index (χ1n) is 8.68. The third-order valence-corrected chi connectivity index (χ3v) is 14.4. The van der Waals surface area contributed by atoms with Gasteiger partial charge in [0.25, 0.3) is 0 Å². The lowest BCUT2D eigenvalue weighted by molar-refractivity contribution is 0.0112. The highest BCUT2D eigenvalue weighted by molar-refractivity contribution is 6.89. The van der Waals surface area contributed by atoms with E-state index in [1.54, 1.807) is 0 Å². The van der Waals surface area contributed by atoms with Gasteiger partial charge in [0, 0.05) is 19.3 Å². The third-order valence-electron chi connectivity index (χ3n) is 3.44. The molecule has 134 valence electrons. The van der Waals surface area contributed by atoms with Gasteiger partial charge in [-0.2, -0.15) is 0 Å². The van der Waals surface area contributed by atoms with Gasteiger partial charge < -0.3 is 17.5 Å². The van der Waals surface area contributed by atoms with Crippen LogP contribution in [0.25, 0.3) is 0 Å². The lowest BCUT2D eigenvalue weighted by Crippen LogP contribution is -2.65. The van der Waals surface area contributed by atoms with E-state index in [0.717, 1.165) is 12.5 Å². The highest BCUT2D eigenvalue weighted by atomic mass is 28.4. The third kappa shape index (κ3) is 6.94. The summed E-state index contributed by atoms with van der Waals surface area (Å²) in [5.41, 5.74) is 0. The summed E-state index contributed by atoms with van der Waals surface area (Å²) in [5.74, 6) is 0. The van der Waals surface area contributed by atoms with Gasteiger partial charge >= 0.3 is 8.80 Å². The zero-order valence-electron chi connectivity index (χ0n) is 16.6. The molecule has 1 atom stereocenters. The van der Waals surface area contributed by atoms with Crippen molar-refractivity contribution < 1.29 is 13.3 Å². The highest BCUT2D eigenvalue weighted by Gasteiger charge is 2.46. The summed E-state index contributed by atoms with van der Waals surface area (Å²) in [7, 11) is -5.52. The fraction of sp³-hybridized carbons (Fsp3) is 1.00. The Bertz CT molecular complexity index is 285. The molecule has 0 aromatic carbocycles. The molecule has 0 amide bonds. The van der Waals surface area contributed by atoms with Crippen molar-refractivity contribution in [2.24, 2.45) is 0 Å². The van der Waals surface area contributed by atoms with Crippen molar-refractivity contribution in [3.05, 3.63) is 0 Å². The van der Waals surface area contributed by atoms with Crippen LogP contribution in [0.15, 0.2) is 0 Å². The van der Waals surface area contributed by atoms with Gasteiger partial charge in [0.1, 0.15) is 16.5 Å². The van der Waals surface area contributed by atoms with E-state index in [0.29, 0.717) is 13.2 Å². The summed E-state index contributed by atoms with van der Waals surface area (Å²) in [4.78, 5) is 0. The van der Waals surface area contributed by atoms with Crippen molar-refractivity contribution in [2.45, 2.75) is 85.7 Å². The van der Waals surface area contributed by atoms with E-state index in [2.05, 4.69) is 57.4 Å². The Hall–Kier alpha value is 0.491. The van der Waals surface area contributed by atoms with E-state index in [-0.39, 0.29) is 6.23 Å². The molecule has 0 saturated carbocycles. The molecule has 0 N–H and O–H groups in total. The van der Waals surface area contributed by atoms with Crippen LogP contribution in [0.5, 0.6) is 0 Å². The predicted octanol–water partition coefficient (Wildman–Crippen LogP) is 4.74. The maximum Gasteiger partial charge on any atom is 0.502 e. The minimum absolute atomic E-state index is 0.0645. The summed E-state index contributed by atoms with van der Waals surface area (Å²) in [6, 6.07) is 0.893. The van der Waals surface area contributed by atoms with Crippen molar-refractivity contribution in [3.8, 4) is 0 Å². The first-order chi connectivity index (χ1) is 9.93. The van der Waals surface area contributed by atoms with Crippen molar-refractivity contribution in [1.29, 1.82) is 0 Å². The second-order valence-electron chi connectivity index (χ2n) is 7.73. The van der Waals surface area contributed by atoms with Gasteiger partial charge in [-0.25, -0.2) is 0 Å². The van der Waals surface area contributed by atoms with Crippen molar-refractivity contribution in [1.82, 2.24) is 4.23 Å². The summed E-state index contributed by atoms with van der Waals surface area (Å²) < 4.78 is 21.4. The van der Waals surface area contributed by atoms with Crippen LogP contribution in [0.2, 0.25) is 45.3 Å². The maximum atomic E-state index is 6.56. The lowest BCUT2D eigenvalue weighted by Gasteiger charge is -2.49. The largest absolute Gasteiger partial charge is 0.502 e. The van der Waals surface area contributed by atoms with Crippen molar-refractivity contribution in [2.75, 3.05) is 13.2 Å². The molecule has 0 radical (unpaired) electrons. The van der Waals surface area contributed by atoms with Crippen LogP contribution in [-0.2, 0) is 13.3 Å². The number of hydrogen-bond acceptors (Lipinski definition) is 4. The molecular formula is C15H39NO3Si3. The van der Waals surface area contributed by atoms with Crippen LogP contribution in [0.3, 0.4) is 0 Å². The van der Waals surface area contributed by atoms with Crippen molar-refractivity contribution >= 4 is 25.3 Å². The van der Waals surface area contributed by atoms with E-state index < -0.39 is 25.3 Å². The first-order valence-corrected chi connectivity index (χ1v) is 17.5. The molecule has 0 aliphatic carbocycles. The second kappa shape index (κ2) is 9.10. The maximum absolute atomic E-state index is 6.56. The molecule has 4 nitrogen and oxygen atoms in total. The Labute approximate surface area is 142 Å². The average Bonchev–Trinajstić information content (AvgIpc) is 2.24. The molecule has 0 aromatic heterocycles. The Morgan fingerprint density at radius 3 is 1.50 bits per heavy atom. The number of rotatable bonds is 11. The monoisotopic (exact) mass is 365 g/mol. The fourth-order valence-corrected chi connectivity index (χ4v) is 16.8. The normalized spacial score (nSPS) is 15.4. The van der Waals surface area contributed by atoms with Gasteiger partial charge in [-0.15, -0.1) is 0 Å². The molecule has 0 aromatic rings. The molecule has 22 heavy (non-hydrogen) atoms. The summed E-state index contributed by atoms with van der Waals surface area (Å²) in [5, 5.41) is 0. The molecule has 0 bridgehead atoms. The van der Waals surface area contributed by atoms with Crippen molar-refractivity contribution in [3.63, 3.8) is 0 Å². The molecule has 0 spiro atoms. The summed E-state index contributed by atoms with van der Waals surface area (Å²) in [6.45, 7) is 24.1. The quantitative estimate of drug-likeness (QED) is 0.391. The van der Waals surface area contributed by atoms with E-state index in [1.165, 1.54) is 0 Å². The zero-order valence-corrected chi connectivity index (χ0v) is 19.6. The highest BCUT2D eigenvalue weighted by Crippen LogP contribution is 2.28.